The molecule has 1 unspecified atom stereocenters. The summed E-state index contributed by atoms with van der Waals surface area (Å²) in [4.78, 5) is 11.8. The highest BCUT2D eigenvalue weighted by Gasteiger charge is 2.24. The van der Waals surface area contributed by atoms with E-state index in [9.17, 15) is 20.1 Å². The maximum absolute atomic E-state index is 11.8. The molecule has 3 N–H and O–H groups in total. The second-order valence-electron chi connectivity index (χ2n) is 4.33. The van der Waals surface area contributed by atoms with E-state index in [1.165, 1.54) is 18.2 Å². The van der Waals surface area contributed by atoms with Crippen molar-refractivity contribution in [3.05, 3.63) is 72.0 Å². The molecule has 0 amide bonds. The van der Waals surface area contributed by atoms with Crippen LogP contribution in [0.1, 0.15) is 10.4 Å². The molecule has 0 aromatic heterocycles. The summed E-state index contributed by atoms with van der Waals surface area (Å²) in [7, 11) is 0. The summed E-state index contributed by atoms with van der Waals surface area (Å²) < 4.78 is 0. The topological polar surface area (TPSA) is 77.8 Å². The fourth-order valence-electron chi connectivity index (χ4n) is 1.76. The molecule has 1 aromatic carbocycles. The first kappa shape index (κ1) is 13.3. The maximum atomic E-state index is 11.8. The average Bonchev–Trinajstić information content (AvgIpc) is 2.37. The van der Waals surface area contributed by atoms with Gasteiger partial charge in [0.2, 0.25) is 5.79 Å². The van der Waals surface area contributed by atoms with Crippen LogP contribution >= 0.6 is 0 Å². The molecule has 0 bridgehead atoms. The zero-order valence-corrected chi connectivity index (χ0v) is 10.1. The lowest BCUT2D eigenvalue weighted by atomic mass is 9.96. The number of aliphatic hydroxyl groups excluding tert-OH is 1. The summed E-state index contributed by atoms with van der Waals surface area (Å²) in [5, 5.41) is 28.1. The third-order valence-corrected chi connectivity index (χ3v) is 2.76. The quantitative estimate of drug-likeness (QED) is 0.334. The molecule has 2 rings (SSSR count). The molecule has 0 fully saturated rings. The molecule has 1 aliphatic rings. The molecule has 1 aromatic rings. The number of aliphatic hydroxyl groups is 3. The summed E-state index contributed by atoms with van der Waals surface area (Å²) in [5.41, 5.74) is 0.556. The molecule has 0 saturated heterocycles. The second-order valence-corrected chi connectivity index (χ2v) is 4.33. The number of hydrogen-bond acceptors (Lipinski definition) is 4. The highest BCUT2D eigenvalue weighted by Crippen LogP contribution is 2.22. The van der Waals surface area contributed by atoms with Crippen molar-refractivity contribution < 1.29 is 20.1 Å². The SMILES string of the molecule is O=C(/C=C/C1C=CC(O)(O)C=C1O)c1ccccc1. The van der Waals surface area contributed by atoms with Crippen LogP contribution in [0.2, 0.25) is 0 Å². The van der Waals surface area contributed by atoms with Gasteiger partial charge >= 0.3 is 0 Å². The molecule has 1 atom stereocenters. The van der Waals surface area contributed by atoms with Gasteiger partial charge in [-0.05, 0) is 12.2 Å². The Balaban J connectivity index is 2.09. The Kier molecular flexibility index (Phi) is 3.64. The lowest BCUT2D eigenvalue weighted by Crippen LogP contribution is -2.26. The predicted octanol–water partition coefficient (Wildman–Crippen LogP) is 1.73. The molecule has 0 spiro atoms. The van der Waals surface area contributed by atoms with Crippen LogP contribution in [0, 0.1) is 5.92 Å². The number of carbonyl (C=O) groups excluding carboxylic acids is 1. The number of hydrogen-bond donors (Lipinski definition) is 3. The van der Waals surface area contributed by atoms with Gasteiger partial charge in [0.25, 0.3) is 0 Å². The molecule has 19 heavy (non-hydrogen) atoms. The fraction of sp³-hybridized carbons (Fsp3) is 0.133. The highest BCUT2D eigenvalue weighted by molar-refractivity contribution is 6.04. The van der Waals surface area contributed by atoms with Crippen molar-refractivity contribution in [1.82, 2.24) is 0 Å². The van der Waals surface area contributed by atoms with Crippen LogP contribution in [-0.2, 0) is 0 Å². The first-order chi connectivity index (χ1) is 8.98. The van der Waals surface area contributed by atoms with Gasteiger partial charge in [-0.3, -0.25) is 4.79 Å². The fourth-order valence-corrected chi connectivity index (χ4v) is 1.76. The van der Waals surface area contributed by atoms with E-state index in [0.29, 0.717) is 5.56 Å². The predicted molar refractivity (Wildman–Crippen MR) is 70.4 cm³/mol. The standard InChI is InChI=1S/C15H14O4/c16-13(11-4-2-1-3-5-11)7-6-12-8-9-15(18,19)10-14(12)17/h1-10,12,17-19H/b7-6+. The summed E-state index contributed by atoms with van der Waals surface area (Å²) in [6, 6.07) is 8.76. The Morgan fingerprint density at radius 2 is 1.89 bits per heavy atom. The van der Waals surface area contributed by atoms with Crippen molar-refractivity contribution in [3.8, 4) is 0 Å². The zero-order valence-electron chi connectivity index (χ0n) is 10.1. The Hall–Kier alpha value is -2.17. The average molecular weight is 258 g/mol. The van der Waals surface area contributed by atoms with Crippen LogP contribution in [0.15, 0.2) is 66.5 Å². The van der Waals surface area contributed by atoms with Crippen LogP contribution in [0.4, 0.5) is 0 Å². The minimum atomic E-state index is -2.13. The second kappa shape index (κ2) is 5.22. The van der Waals surface area contributed by atoms with Crippen molar-refractivity contribution >= 4 is 5.78 Å². The van der Waals surface area contributed by atoms with Gasteiger partial charge in [-0.15, -0.1) is 0 Å². The number of allylic oxidation sites excluding steroid dienone is 2. The largest absolute Gasteiger partial charge is 0.511 e. The van der Waals surface area contributed by atoms with Crippen LogP contribution in [0.3, 0.4) is 0 Å². The minimum absolute atomic E-state index is 0.174. The normalized spacial score (nSPS) is 21.4. The summed E-state index contributed by atoms with van der Waals surface area (Å²) in [6.45, 7) is 0. The number of rotatable bonds is 3. The molecule has 1 aliphatic carbocycles. The van der Waals surface area contributed by atoms with Crippen LogP contribution in [0.25, 0.3) is 0 Å². The van der Waals surface area contributed by atoms with E-state index in [1.807, 2.05) is 6.07 Å². The molecule has 4 nitrogen and oxygen atoms in total. The molecule has 98 valence electrons. The molecule has 0 heterocycles. The summed E-state index contributed by atoms with van der Waals surface area (Å²) >= 11 is 0. The van der Waals surface area contributed by atoms with Crippen LogP contribution in [0.5, 0.6) is 0 Å². The minimum Gasteiger partial charge on any atom is -0.511 e. The van der Waals surface area contributed by atoms with Crippen molar-refractivity contribution in [3.63, 3.8) is 0 Å². The Morgan fingerprint density at radius 1 is 1.21 bits per heavy atom. The number of benzene rings is 1. The molecule has 0 saturated carbocycles. The molecule has 0 radical (unpaired) electrons. The summed E-state index contributed by atoms with van der Waals surface area (Å²) in [5.74, 6) is -3.03. The van der Waals surface area contributed by atoms with E-state index in [2.05, 4.69) is 0 Å². The maximum Gasteiger partial charge on any atom is 0.206 e. The summed E-state index contributed by atoms with van der Waals surface area (Å²) in [6.07, 6.45) is 6.36. The smallest absolute Gasteiger partial charge is 0.206 e. The van der Waals surface area contributed by atoms with Crippen LogP contribution in [-0.4, -0.2) is 26.9 Å². The highest BCUT2D eigenvalue weighted by atomic mass is 16.5. The van der Waals surface area contributed by atoms with E-state index < -0.39 is 11.7 Å². The third kappa shape index (κ3) is 3.40. The van der Waals surface area contributed by atoms with Crippen molar-refractivity contribution in [2.45, 2.75) is 5.79 Å². The molecular formula is C15H14O4. The van der Waals surface area contributed by atoms with Gasteiger partial charge in [-0.2, -0.15) is 0 Å². The van der Waals surface area contributed by atoms with E-state index in [4.69, 9.17) is 0 Å². The van der Waals surface area contributed by atoms with Gasteiger partial charge in [0, 0.05) is 11.6 Å². The molecule has 4 heteroatoms. The lowest BCUT2D eigenvalue weighted by Gasteiger charge is -2.20. The first-order valence-corrected chi connectivity index (χ1v) is 5.81. The monoisotopic (exact) mass is 258 g/mol. The van der Waals surface area contributed by atoms with Crippen molar-refractivity contribution in [2.24, 2.45) is 5.92 Å². The van der Waals surface area contributed by atoms with Crippen molar-refractivity contribution in [2.75, 3.05) is 0 Å². The van der Waals surface area contributed by atoms with Crippen molar-refractivity contribution in [1.29, 1.82) is 0 Å². The van der Waals surface area contributed by atoms with E-state index in [-0.39, 0.29) is 11.5 Å². The number of ketones is 1. The Bertz CT molecular complexity index is 553. The lowest BCUT2D eigenvalue weighted by molar-refractivity contribution is -0.0784. The Labute approximate surface area is 110 Å². The third-order valence-electron chi connectivity index (χ3n) is 2.76. The van der Waals surface area contributed by atoms with Crippen LogP contribution < -0.4 is 0 Å². The molecular weight excluding hydrogens is 244 g/mol. The first-order valence-electron chi connectivity index (χ1n) is 5.81. The Morgan fingerprint density at radius 3 is 2.53 bits per heavy atom. The van der Waals surface area contributed by atoms with Gasteiger partial charge in [0.15, 0.2) is 5.78 Å². The molecule has 0 aliphatic heterocycles. The van der Waals surface area contributed by atoms with Gasteiger partial charge in [0.05, 0.1) is 5.92 Å². The van der Waals surface area contributed by atoms with E-state index in [1.54, 1.807) is 24.3 Å². The van der Waals surface area contributed by atoms with Gasteiger partial charge in [-0.1, -0.05) is 42.5 Å². The zero-order chi connectivity index (χ0) is 13.9. The van der Waals surface area contributed by atoms with E-state index in [0.717, 1.165) is 12.2 Å². The van der Waals surface area contributed by atoms with Gasteiger partial charge < -0.3 is 15.3 Å². The van der Waals surface area contributed by atoms with E-state index >= 15 is 0 Å². The number of carbonyl (C=O) groups is 1. The van der Waals surface area contributed by atoms with Gasteiger partial charge in [-0.25, -0.2) is 0 Å². The van der Waals surface area contributed by atoms with Gasteiger partial charge in [0.1, 0.15) is 5.76 Å².